The molecule has 1 heterocycles. The Labute approximate surface area is 160 Å². The number of anilines is 1. The molecule has 0 radical (unpaired) electrons. The van der Waals surface area contributed by atoms with Gasteiger partial charge < -0.3 is 14.8 Å². The molecule has 0 fully saturated rings. The minimum Gasteiger partial charge on any atom is -0.495 e. The summed E-state index contributed by atoms with van der Waals surface area (Å²) in [7, 11) is 1.53. The second-order valence-corrected chi connectivity index (χ2v) is 6.25. The SMILES string of the molecule is CCOc1cc(C(=O)Nc2ccc(OC)c(Cl)c2)nc2ccc(Cl)cc12. The third-order valence-corrected chi connectivity index (χ3v) is 4.21. The van der Waals surface area contributed by atoms with Gasteiger partial charge in [0, 0.05) is 22.2 Å². The Morgan fingerprint density at radius 3 is 2.62 bits per heavy atom. The van der Waals surface area contributed by atoms with Crippen LogP contribution in [0.1, 0.15) is 17.4 Å². The molecule has 0 spiro atoms. The van der Waals surface area contributed by atoms with Crippen LogP contribution < -0.4 is 14.8 Å². The summed E-state index contributed by atoms with van der Waals surface area (Å²) in [5.74, 6) is 0.714. The number of hydrogen-bond acceptors (Lipinski definition) is 4. The lowest BCUT2D eigenvalue weighted by atomic mass is 10.1. The number of halogens is 2. The Morgan fingerprint density at radius 2 is 1.92 bits per heavy atom. The summed E-state index contributed by atoms with van der Waals surface area (Å²) in [6.45, 7) is 2.33. The highest BCUT2D eigenvalue weighted by Gasteiger charge is 2.14. The Hall–Kier alpha value is -2.50. The zero-order chi connectivity index (χ0) is 18.7. The maximum Gasteiger partial charge on any atom is 0.274 e. The summed E-state index contributed by atoms with van der Waals surface area (Å²) in [6.07, 6.45) is 0. The molecule has 3 aromatic rings. The Kier molecular flexibility index (Phi) is 5.49. The molecular weight excluding hydrogens is 375 g/mol. The van der Waals surface area contributed by atoms with E-state index in [4.69, 9.17) is 32.7 Å². The van der Waals surface area contributed by atoms with Crippen molar-refractivity contribution in [3.63, 3.8) is 0 Å². The molecular formula is C19H16Cl2N2O3. The molecule has 0 saturated carbocycles. The lowest BCUT2D eigenvalue weighted by Gasteiger charge is -2.11. The van der Waals surface area contributed by atoms with Gasteiger partial charge in [-0.1, -0.05) is 23.2 Å². The highest BCUT2D eigenvalue weighted by Crippen LogP contribution is 2.30. The summed E-state index contributed by atoms with van der Waals surface area (Å²) >= 11 is 12.1. The van der Waals surface area contributed by atoms with Crippen molar-refractivity contribution in [2.24, 2.45) is 0 Å². The number of rotatable bonds is 5. The zero-order valence-electron chi connectivity index (χ0n) is 14.2. The number of carbonyl (C=O) groups excluding carboxylic acids is 1. The summed E-state index contributed by atoms with van der Waals surface area (Å²) in [5, 5.41) is 4.50. The molecule has 0 aliphatic carbocycles. The van der Waals surface area contributed by atoms with Gasteiger partial charge in [-0.3, -0.25) is 4.79 Å². The molecule has 0 aliphatic rings. The van der Waals surface area contributed by atoms with Crippen LogP contribution in [0.15, 0.2) is 42.5 Å². The van der Waals surface area contributed by atoms with Crippen LogP contribution >= 0.6 is 23.2 Å². The first kappa shape index (κ1) is 18.3. The topological polar surface area (TPSA) is 60.5 Å². The van der Waals surface area contributed by atoms with E-state index in [0.717, 1.165) is 5.39 Å². The number of aromatic nitrogens is 1. The fourth-order valence-electron chi connectivity index (χ4n) is 2.50. The summed E-state index contributed by atoms with van der Waals surface area (Å²) in [4.78, 5) is 17.0. The molecule has 0 saturated heterocycles. The molecule has 26 heavy (non-hydrogen) atoms. The lowest BCUT2D eigenvalue weighted by Crippen LogP contribution is -2.14. The van der Waals surface area contributed by atoms with Gasteiger partial charge in [-0.25, -0.2) is 4.98 Å². The minimum absolute atomic E-state index is 0.232. The maximum atomic E-state index is 12.6. The summed E-state index contributed by atoms with van der Waals surface area (Å²) in [5.41, 5.74) is 1.39. The van der Waals surface area contributed by atoms with Crippen molar-refractivity contribution in [1.82, 2.24) is 4.98 Å². The first-order chi connectivity index (χ1) is 12.5. The predicted octanol–water partition coefficient (Wildman–Crippen LogP) is 5.20. The Bertz CT molecular complexity index is 976. The van der Waals surface area contributed by atoms with Crippen molar-refractivity contribution in [3.05, 3.63) is 58.2 Å². The molecule has 2 aromatic carbocycles. The predicted molar refractivity (Wildman–Crippen MR) is 104 cm³/mol. The van der Waals surface area contributed by atoms with Crippen LogP contribution in [0.3, 0.4) is 0 Å². The van der Waals surface area contributed by atoms with Crippen LogP contribution in [0.5, 0.6) is 11.5 Å². The van der Waals surface area contributed by atoms with E-state index in [1.807, 2.05) is 6.92 Å². The number of benzene rings is 2. The number of nitrogens with one attached hydrogen (secondary N) is 1. The largest absolute Gasteiger partial charge is 0.495 e. The van der Waals surface area contributed by atoms with Gasteiger partial charge in [-0.05, 0) is 43.3 Å². The number of fused-ring (bicyclic) bond motifs is 1. The van der Waals surface area contributed by atoms with Gasteiger partial charge in [0.15, 0.2) is 0 Å². The van der Waals surface area contributed by atoms with Gasteiger partial charge in [0.2, 0.25) is 0 Å². The number of methoxy groups -OCH3 is 1. The molecule has 3 rings (SSSR count). The molecule has 0 atom stereocenters. The van der Waals surface area contributed by atoms with Crippen LogP contribution in [-0.2, 0) is 0 Å². The van der Waals surface area contributed by atoms with Gasteiger partial charge >= 0.3 is 0 Å². The van der Waals surface area contributed by atoms with E-state index >= 15 is 0 Å². The number of ether oxygens (including phenoxy) is 2. The van der Waals surface area contributed by atoms with Crippen molar-refractivity contribution in [2.75, 3.05) is 19.0 Å². The van der Waals surface area contributed by atoms with Crippen LogP contribution in [0, 0.1) is 0 Å². The van der Waals surface area contributed by atoms with Crippen molar-refractivity contribution in [2.45, 2.75) is 6.92 Å². The Morgan fingerprint density at radius 1 is 1.12 bits per heavy atom. The van der Waals surface area contributed by atoms with Crippen LogP contribution in [0.2, 0.25) is 10.0 Å². The normalized spacial score (nSPS) is 10.6. The molecule has 7 heteroatoms. The van der Waals surface area contributed by atoms with E-state index in [1.54, 1.807) is 42.5 Å². The zero-order valence-corrected chi connectivity index (χ0v) is 15.7. The van der Waals surface area contributed by atoms with Crippen molar-refractivity contribution >= 4 is 45.7 Å². The molecule has 0 aliphatic heterocycles. The van der Waals surface area contributed by atoms with Gasteiger partial charge in [0.05, 0.1) is 24.3 Å². The first-order valence-corrected chi connectivity index (χ1v) is 8.65. The molecule has 134 valence electrons. The highest BCUT2D eigenvalue weighted by molar-refractivity contribution is 6.32. The van der Waals surface area contributed by atoms with Gasteiger partial charge in [0.25, 0.3) is 5.91 Å². The highest BCUT2D eigenvalue weighted by atomic mass is 35.5. The average Bonchev–Trinajstić information content (AvgIpc) is 2.62. The smallest absolute Gasteiger partial charge is 0.274 e. The number of carbonyl (C=O) groups is 1. The quantitative estimate of drug-likeness (QED) is 0.649. The van der Waals surface area contributed by atoms with Gasteiger partial charge in [-0.2, -0.15) is 0 Å². The van der Waals surface area contributed by atoms with E-state index in [0.29, 0.717) is 39.4 Å². The van der Waals surface area contributed by atoms with Crippen LogP contribution in [0.4, 0.5) is 5.69 Å². The van der Waals surface area contributed by atoms with Crippen molar-refractivity contribution in [3.8, 4) is 11.5 Å². The molecule has 1 N–H and O–H groups in total. The van der Waals surface area contributed by atoms with E-state index in [9.17, 15) is 4.79 Å². The van der Waals surface area contributed by atoms with E-state index < -0.39 is 0 Å². The molecule has 1 amide bonds. The summed E-state index contributed by atoms with van der Waals surface area (Å²) in [6, 6.07) is 11.8. The fourth-order valence-corrected chi connectivity index (χ4v) is 2.93. The number of amides is 1. The van der Waals surface area contributed by atoms with E-state index in [-0.39, 0.29) is 11.6 Å². The second kappa shape index (κ2) is 7.81. The van der Waals surface area contributed by atoms with Gasteiger partial charge in [0.1, 0.15) is 17.2 Å². The number of nitrogens with zero attached hydrogens (tertiary/aromatic N) is 1. The Balaban J connectivity index is 1.95. The number of hydrogen-bond donors (Lipinski definition) is 1. The van der Waals surface area contributed by atoms with Crippen LogP contribution in [0.25, 0.3) is 10.9 Å². The maximum absolute atomic E-state index is 12.6. The molecule has 5 nitrogen and oxygen atoms in total. The van der Waals surface area contributed by atoms with Gasteiger partial charge in [-0.15, -0.1) is 0 Å². The monoisotopic (exact) mass is 390 g/mol. The molecule has 1 aromatic heterocycles. The minimum atomic E-state index is -0.371. The van der Waals surface area contributed by atoms with E-state index in [1.165, 1.54) is 7.11 Å². The second-order valence-electron chi connectivity index (χ2n) is 5.40. The molecule has 0 unspecified atom stereocenters. The molecule has 0 bridgehead atoms. The average molecular weight is 391 g/mol. The third kappa shape index (κ3) is 3.84. The summed E-state index contributed by atoms with van der Waals surface area (Å²) < 4.78 is 10.8. The standard InChI is InChI=1S/C19H16Cl2N2O3/c1-3-26-18-10-16(23-15-6-4-11(20)8-13(15)18)19(24)22-12-5-7-17(25-2)14(21)9-12/h4-10H,3H2,1-2H3,(H,22,24). The first-order valence-electron chi connectivity index (χ1n) is 7.89. The third-order valence-electron chi connectivity index (χ3n) is 3.67. The lowest BCUT2D eigenvalue weighted by molar-refractivity contribution is 0.102. The van der Waals surface area contributed by atoms with E-state index in [2.05, 4.69) is 10.3 Å². The van der Waals surface area contributed by atoms with Crippen molar-refractivity contribution in [1.29, 1.82) is 0 Å². The number of pyridine rings is 1. The van der Waals surface area contributed by atoms with Crippen LogP contribution in [-0.4, -0.2) is 24.6 Å². The van der Waals surface area contributed by atoms with Crippen molar-refractivity contribution < 1.29 is 14.3 Å². The fraction of sp³-hybridized carbons (Fsp3) is 0.158.